The quantitative estimate of drug-likeness (QED) is 0.502. The average Bonchev–Trinajstić information content (AvgIpc) is 2.28. The molecule has 1 unspecified atom stereocenters. The predicted molar refractivity (Wildman–Crippen MR) is 65.0 cm³/mol. The molecule has 1 aromatic carbocycles. The molecule has 0 saturated carbocycles. The van der Waals surface area contributed by atoms with Crippen molar-refractivity contribution in [2.45, 2.75) is 19.1 Å². The van der Waals surface area contributed by atoms with Crippen LogP contribution in [-0.2, 0) is 6.18 Å². The van der Waals surface area contributed by atoms with Crippen LogP contribution in [0.15, 0.2) is 24.3 Å². The number of alkyl halides is 3. The van der Waals surface area contributed by atoms with Gasteiger partial charge < -0.3 is 16.4 Å². The third kappa shape index (κ3) is 4.49. The number of amides is 2. The van der Waals surface area contributed by atoms with E-state index >= 15 is 0 Å². The van der Waals surface area contributed by atoms with Crippen LogP contribution in [0, 0.1) is 5.41 Å². The van der Waals surface area contributed by atoms with Gasteiger partial charge in [0.2, 0.25) is 0 Å². The molecule has 104 valence electrons. The summed E-state index contributed by atoms with van der Waals surface area (Å²) in [6, 6.07) is 2.70. The van der Waals surface area contributed by atoms with Crippen LogP contribution in [0.1, 0.15) is 12.5 Å². The number of amidine groups is 1. The molecule has 0 spiro atoms. The fourth-order valence-electron chi connectivity index (χ4n) is 1.18. The van der Waals surface area contributed by atoms with Gasteiger partial charge >= 0.3 is 12.2 Å². The van der Waals surface area contributed by atoms with Gasteiger partial charge in [-0.3, -0.25) is 5.41 Å². The molecule has 0 aromatic heterocycles. The third-order valence-electron chi connectivity index (χ3n) is 2.28. The summed E-state index contributed by atoms with van der Waals surface area (Å²) < 4.78 is 36.9. The first-order chi connectivity index (χ1) is 8.70. The Hall–Kier alpha value is -2.25. The Kier molecular flexibility index (Phi) is 4.36. The summed E-state index contributed by atoms with van der Waals surface area (Å²) >= 11 is 0. The van der Waals surface area contributed by atoms with E-state index in [1.165, 1.54) is 6.92 Å². The molecule has 1 rings (SSSR count). The molecule has 0 aliphatic carbocycles. The number of rotatable bonds is 3. The van der Waals surface area contributed by atoms with E-state index < -0.39 is 23.8 Å². The number of halogens is 3. The zero-order chi connectivity index (χ0) is 14.6. The second kappa shape index (κ2) is 5.59. The van der Waals surface area contributed by atoms with Crippen molar-refractivity contribution in [1.29, 1.82) is 5.41 Å². The topological polar surface area (TPSA) is 91.0 Å². The van der Waals surface area contributed by atoms with E-state index in [0.29, 0.717) is 0 Å². The van der Waals surface area contributed by atoms with Crippen LogP contribution >= 0.6 is 0 Å². The van der Waals surface area contributed by atoms with E-state index in [0.717, 1.165) is 24.3 Å². The number of benzene rings is 1. The first-order valence-electron chi connectivity index (χ1n) is 5.29. The van der Waals surface area contributed by atoms with Gasteiger partial charge in [0.05, 0.1) is 11.6 Å². The Bertz CT molecular complexity index is 470. The Morgan fingerprint density at radius 2 is 1.84 bits per heavy atom. The highest BCUT2D eigenvalue weighted by molar-refractivity contribution is 5.93. The Morgan fingerprint density at radius 3 is 2.26 bits per heavy atom. The van der Waals surface area contributed by atoms with Crippen molar-refractivity contribution in [3.05, 3.63) is 29.8 Å². The Labute approximate surface area is 107 Å². The fraction of sp³-hybridized carbons (Fsp3) is 0.273. The summed E-state index contributed by atoms with van der Waals surface area (Å²) in [6.45, 7) is 1.51. The van der Waals surface area contributed by atoms with Gasteiger partial charge in [0.25, 0.3) is 0 Å². The lowest BCUT2D eigenvalue weighted by molar-refractivity contribution is -0.137. The summed E-state index contributed by atoms with van der Waals surface area (Å²) in [5.74, 6) is -0.220. The molecule has 0 bridgehead atoms. The van der Waals surface area contributed by atoms with Gasteiger partial charge in [0.15, 0.2) is 0 Å². The average molecular weight is 274 g/mol. The van der Waals surface area contributed by atoms with E-state index in [4.69, 9.17) is 11.1 Å². The molecule has 0 radical (unpaired) electrons. The van der Waals surface area contributed by atoms with Crippen LogP contribution < -0.4 is 16.4 Å². The van der Waals surface area contributed by atoms with Crippen LogP contribution in [0.5, 0.6) is 0 Å². The summed E-state index contributed by atoms with van der Waals surface area (Å²) in [5, 5.41) is 11.8. The van der Waals surface area contributed by atoms with Gasteiger partial charge in [-0.2, -0.15) is 13.2 Å². The standard InChI is InChI=1S/C11H13F3N4O/c1-6(9(15)16)17-10(19)18-8-4-2-7(3-5-8)11(12,13)14/h2-6H,1H3,(H3,15,16)(H2,17,18,19). The maximum absolute atomic E-state index is 12.3. The van der Waals surface area contributed by atoms with E-state index in [-0.39, 0.29) is 11.5 Å². The molecular formula is C11H13F3N4O. The van der Waals surface area contributed by atoms with E-state index in [1.807, 2.05) is 0 Å². The third-order valence-corrected chi connectivity index (χ3v) is 2.28. The first-order valence-corrected chi connectivity index (χ1v) is 5.29. The molecule has 0 fully saturated rings. The van der Waals surface area contributed by atoms with Gasteiger partial charge in [-0.1, -0.05) is 0 Å². The number of carbonyl (C=O) groups is 1. The van der Waals surface area contributed by atoms with Crippen LogP contribution in [0.4, 0.5) is 23.7 Å². The largest absolute Gasteiger partial charge is 0.416 e. The van der Waals surface area contributed by atoms with Crippen molar-refractivity contribution >= 4 is 17.6 Å². The van der Waals surface area contributed by atoms with Crippen molar-refractivity contribution in [2.75, 3.05) is 5.32 Å². The van der Waals surface area contributed by atoms with Gasteiger partial charge in [0.1, 0.15) is 5.84 Å². The highest BCUT2D eigenvalue weighted by atomic mass is 19.4. The minimum atomic E-state index is -4.41. The van der Waals surface area contributed by atoms with Gasteiger partial charge in [0, 0.05) is 5.69 Å². The summed E-state index contributed by atoms with van der Waals surface area (Å²) in [7, 11) is 0. The predicted octanol–water partition coefficient (Wildman–Crippen LogP) is 2.15. The summed E-state index contributed by atoms with van der Waals surface area (Å²) in [6.07, 6.45) is -4.41. The lowest BCUT2D eigenvalue weighted by atomic mass is 10.2. The van der Waals surface area contributed by atoms with E-state index in [9.17, 15) is 18.0 Å². The van der Waals surface area contributed by atoms with Crippen molar-refractivity contribution in [2.24, 2.45) is 5.73 Å². The molecule has 1 atom stereocenters. The SMILES string of the molecule is CC(NC(=O)Nc1ccc(C(F)(F)F)cc1)C(=N)N. The Balaban J connectivity index is 2.63. The zero-order valence-electron chi connectivity index (χ0n) is 10.0. The molecule has 2 amide bonds. The van der Waals surface area contributed by atoms with Crippen LogP contribution in [0.3, 0.4) is 0 Å². The highest BCUT2D eigenvalue weighted by Crippen LogP contribution is 2.29. The number of nitrogens with one attached hydrogen (secondary N) is 3. The molecule has 8 heteroatoms. The second-order valence-electron chi connectivity index (χ2n) is 3.85. The lowest BCUT2D eigenvalue weighted by Gasteiger charge is -2.13. The van der Waals surface area contributed by atoms with Crippen molar-refractivity contribution < 1.29 is 18.0 Å². The fourth-order valence-corrected chi connectivity index (χ4v) is 1.18. The smallest absolute Gasteiger partial charge is 0.386 e. The number of carbonyl (C=O) groups excluding carboxylic acids is 1. The minimum absolute atomic E-state index is 0.209. The molecule has 5 nitrogen and oxygen atoms in total. The summed E-state index contributed by atoms with van der Waals surface area (Å²) in [4.78, 5) is 11.4. The Morgan fingerprint density at radius 1 is 1.32 bits per heavy atom. The van der Waals surface area contributed by atoms with Crippen molar-refractivity contribution in [3.8, 4) is 0 Å². The van der Waals surface area contributed by atoms with Crippen molar-refractivity contribution in [3.63, 3.8) is 0 Å². The number of urea groups is 1. The number of hydrogen-bond donors (Lipinski definition) is 4. The summed E-state index contributed by atoms with van der Waals surface area (Å²) in [5.41, 5.74) is 4.57. The van der Waals surface area contributed by atoms with Gasteiger partial charge in [-0.05, 0) is 31.2 Å². The van der Waals surface area contributed by atoms with Crippen LogP contribution in [0.25, 0.3) is 0 Å². The lowest BCUT2D eigenvalue weighted by Crippen LogP contribution is -2.43. The molecule has 0 saturated heterocycles. The van der Waals surface area contributed by atoms with Gasteiger partial charge in [-0.25, -0.2) is 4.79 Å². The maximum Gasteiger partial charge on any atom is 0.416 e. The molecule has 0 aliphatic heterocycles. The minimum Gasteiger partial charge on any atom is -0.386 e. The second-order valence-corrected chi connectivity index (χ2v) is 3.85. The van der Waals surface area contributed by atoms with E-state index in [2.05, 4.69) is 10.6 Å². The molecular weight excluding hydrogens is 261 g/mol. The van der Waals surface area contributed by atoms with Crippen LogP contribution in [-0.4, -0.2) is 17.9 Å². The van der Waals surface area contributed by atoms with Crippen LogP contribution in [0.2, 0.25) is 0 Å². The zero-order valence-corrected chi connectivity index (χ0v) is 10.0. The number of hydrogen-bond acceptors (Lipinski definition) is 2. The monoisotopic (exact) mass is 274 g/mol. The molecule has 5 N–H and O–H groups in total. The highest BCUT2D eigenvalue weighted by Gasteiger charge is 2.29. The molecule has 0 aliphatic rings. The van der Waals surface area contributed by atoms with Gasteiger partial charge in [-0.15, -0.1) is 0 Å². The molecule has 1 aromatic rings. The first kappa shape index (κ1) is 14.8. The maximum atomic E-state index is 12.3. The normalized spacial score (nSPS) is 12.6. The number of anilines is 1. The van der Waals surface area contributed by atoms with Crippen molar-refractivity contribution in [1.82, 2.24) is 5.32 Å². The number of nitrogens with two attached hydrogens (primary N) is 1. The molecule has 0 heterocycles. The molecule has 19 heavy (non-hydrogen) atoms. The van der Waals surface area contributed by atoms with E-state index in [1.54, 1.807) is 0 Å².